The highest BCUT2D eigenvalue weighted by molar-refractivity contribution is 14.0. The highest BCUT2D eigenvalue weighted by Crippen LogP contribution is 2.23. The van der Waals surface area contributed by atoms with Crippen LogP contribution in [0.1, 0.15) is 31.0 Å². The van der Waals surface area contributed by atoms with Crippen LogP contribution in [0.4, 0.5) is 0 Å². The zero-order valence-electron chi connectivity index (χ0n) is 18.5. The van der Waals surface area contributed by atoms with Crippen LogP contribution in [-0.4, -0.2) is 92.1 Å². The predicted octanol–water partition coefficient (Wildman–Crippen LogP) is 2.12. The Hall–Kier alpha value is -1.39. The number of hydrogen-bond donors (Lipinski definition) is 1. The van der Waals surface area contributed by atoms with E-state index in [1.165, 1.54) is 11.1 Å². The first-order valence-electron chi connectivity index (χ1n) is 10.8. The number of carbonyl (C=O) groups is 1. The Labute approximate surface area is 197 Å². The van der Waals surface area contributed by atoms with Gasteiger partial charge in [0.1, 0.15) is 0 Å². The van der Waals surface area contributed by atoms with Crippen molar-refractivity contribution in [2.24, 2.45) is 4.99 Å². The van der Waals surface area contributed by atoms with Gasteiger partial charge in [0.05, 0.1) is 25.8 Å². The zero-order chi connectivity index (χ0) is 20.6. The van der Waals surface area contributed by atoms with Gasteiger partial charge in [-0.3, -0.25) is 14.7 Å². The fraction of sp³-hybridized carbons (Fsp3) is 0.636. The van der Waals surface area contributed by atoms with Crippen LogP contribution in [0.5, 0.6) is 0 Å². The van der Waals surface area contributed by atoms with Gasteiger partial charge in [-0.1, -0.05) is 29.8 Å². The summed E-state index contributed by atoms with van der Waals surface area (Å²) in [4.78, 5) is 23.3. The molecule has 8 heteroatoms. The minimum atomic E-state index is 0. The van der Waals surface area contributed by atoms with E-state index >= 15 is 0 Å². The van der Waals surface area contributed by atoms with Crippen LogP contribution >= 0.6 is 24.0 Å². The van der Waals surface area contributed by atoms with Crippen molar-refractivity contribution in [1.82, 2.24) is 20.0 Å². The molecular formula is C22H36IN5O2. The number of guanidine groups is 1. The van der Waals surface area contributed by atoms with Crippen molar-refractivity contribution in [2.45, 2.75) is 26.8 Å². The third-order valence-corrected chi connectivity index (χ3v) is 5.69. The number of piperazine rings is 1. The number of ether oxygens (including phenoxy) is 1. The van der Waals surface area contributed by atoms with Gasteiger partial charge in [0.2, 0.25) is 5.91 Å². The summed E-state index contributed by atoms with van der Waals surface area (Å²) in [6.45, 7) is 14.0. The van der Waals surface area contributed by atoms with Crippen LogP contribution in [-0.2, 0) is 9.53 Å². The van der Waals surface area contributed by atoms with E-state index in [2.05, 4.69) is 53.2 Å². The molecule has 1 atom stereocenters. The first kappa shape index (κ1) is 24.9. The number of benzene rings is 1. The summed E-state index contributed by atoms with van der Waals surface area (Å²) in [6, 6.07) is 9.00. The van der Waals surface area contributed by atoms with Crippen molar-refractivity contribution >= 4 is 35.8 Å². The Morgan fingerprint density at radius 1 is 1.13 bits per heavy atom. The first-order chi connectivity index (χ1) is 14.1. The molecule has 2 aliphatic rings. The smallest absolute Gasteiger partial charge is 0.219 e. The molecule has 1 aromatic rings. The molecule has 2 fully saturated rings. The highest BCUT2D eigenvalue weighted by atomic mass is 127. The molecule has 1 amide bonds. The second-order valence-electron chi connectivity index (χ2n) is 7.77. The molecule has 168 valence electrons. The average molecular weight is 529 g/mol. The van der Waals surface area contributed by atoms with Crippen molar-refractivity contribution in [3.05, 3.63) is 35.4 Å². The second-order valence-corrected chi connectivity index (χ2v) is 7.77. The van der Waals surface area contributed by atoms with Crippen LogP contribution < -0.4 is 5.32 Å². The third-order valence-electron chi connectivity index (χ3n) is 5.69. The lowest BCUT2D eigenvalue weighted by Crippen LogP contribution is -2.53. The lowest BCUT2D eigenvalue weighted by Gasteiger charge is -2.37. The number of aryl methyl sites for hydroxylation is 1. The Kier molecular flexibility index (Phi) is 10.3. The highest BCUT2D eigenvalue weighted by Gasteiger charge is 2.24. The molecule has 0 aliphatic carbocycles. The maximum Gasteiger partial charge on any atom is 0.219 e. The van der Waals surface area contributed by atoms with Crippen LogP contribution in [0.3, 0.4) is 0 Å². The molecule has 0 bridgehead atoms. The molecule has 3 rings (SSSR count). The van der Waals surface area contributed by atoms with E-state index in [1.807, 2.05) is 4.90 Å². The third kappa shape index (κ3) is 6.81. The van der Waals surface area contributed by atoms with Gasteiger partial charge in [0.15, 0.2) is 5.96 Å². The number of rotatable bonds is 5. The van der Waals surface area contributed by atoms with Gasteiger partial charge in [-0.25, -0.2) is 0 Å². The van der Waals surface area contributed by atoms with Gasteiger partial charge in [-0.05, 0) is 19.4 Å². The van der Waals surface area contributed by atoms with Crippen LogP contribution in [0.15, 0.2) is 29.3 Å². The molecule has 2 saturated heterocycles. The van der Waals surface area contributed by atoms with Gasteiger partial charge < -0.3 is 19.9 Å². The fourth-order valence-corrected chi connectivity index (χ4v) is 4.03. The van der Waals surface area contributed by atoms with Gasteiger partial charge in [0, 0.05) is 52.7 Å². The summed E-state index contributed by atoms with van der Waals surface area (Å²) in [5.41, 5.74) is 2.59. The van der Waals surface area contributed by atoms with E-state index in [-0.39, 0.29) is 35.9 Å². The minimum absolute atomic E-state index is 0. The molecule has 0 spiro atoms. The maximum absolute atomic E-state index is 11.6. The Morgan fingerprint density at radius 2 is 1.80 bits per heavy atom. The van der Waals surface area contributed by atoms with Gasteiger partial charge in [-0.15, -0.1) is 24.0 Å². The number of morpholine rings is 1. The second kappa shape index (κ2) is 12.5. The minimum Gasteiger partial charge on any atom is -0.379 e. The molecular weight excluding hydrogens is 493 g/mol. The summed E-state index contributed by atoms with van der Waals surface area (Å²) in [5, 5.41) is 3.45. The number of amides is 1. The van der Waals surface area contributed by atoms with Crippen molar-refractivity contribution < 1.29 is 9.53 Å². The lowest BCUT2D eigenvalue weighted by molar-refractivity contribution is -0.130. The molecule has 2 heterocycles. The summed E-state index contributed by atoms with van der Waals surface area (Å²) < 4.78 is 5.57. The quantitative estimate of drug-likeness (QED) is 0.360. The summed E-state index contributed by atoms with van der Waals surface area (Å²) in [6.07, 6.45) is 0. The van der Waals surface area contributed by atoms with Crippen molar-refractivity contribution in [1.29, 1.82) is 0 Å². The molecule has 2 aliphatic heterocycles. The van der Waals surface area contributed by atoms with E-state index in [0.717, 1.165) is 65.0 Å². The molecule has 0 saturated carbocycles. The van der Waals surface area contributed by atoms with E-state index < -0.39 is 0 Å². The van der Waals surface area contributed by atoms with Crippen molar-refractivity contribution in [3.8, 4) is 0 Å². The fourth-order valence-electron chi connectivity index (χ4n) is 4.03. The summed E-state index contributed by atoms with van der Waals surface area (Å²) in [7, 11) is 0. The van der Waals surface area contributed by atoms with Gasteiger partial charge in [-0.2, -0.15) is 0 Å². The largest absolute Gasteiger partial charge is 0.379 e. The Morgan fingerprint density at radius 3 is 2.40 bits per heavy atom. The molecule has 30 heavy (non-hydrogen) atoms. The maximum atomic E-state index is 11.6. The normalized spacial score (nSPS) is 19.2. The summed E-state index contributed by atoms with van der Waals surface area (Å²) >= 11 is 0. The number of nitrogens with zero attached hydrogens (tertiary/aromatic N) is 4. The van der Waals surface area contributed by atoms with Crippen molar-refractivity contribution in [2.75, 3.05) is 65.6 Å². The average Bonchev–Trinajstić information content (AvgIpc) is 2.74. The van der Waals surface area contributed by atoms with Crippen LogP contribution in [0.25, 0.3) is 0 Å². The number of carbonyl (C=O) groups excluding carboxylic acids is 1. The van der Waals surface area contributed by atoms with E-state index in [0.29, 0.717) is 6.54 Å². The van der Waals surface area contributed by atoms with Crippen LogP contribution in [0, 0.1) is 6.92 Å². The number of nitrogens with one attached hydrogen (secondary N) is 1. The molecule has 1 N–H and O–H groups in total. The monoisotopic (exact) mass is 529 g/mol. The molecule has 1 unspecified atom stereocenters. The van der Waals surface area contributed by atoms with Gasteiger partial charge in [0.25, 0.3) is 0 Å². The summed E-state index contributed by atoms with van der Waals surface area (Å²) in [5.74, 6) is 1.10. The Balaban J connectivity index is 0.00000320. The Bertz CT molecular complexity index is 701. The molecule has 0 radical (unpaired) electrons. The van der Waals surface area contributed by atoms with Gasteiger partial charge >= 0.3 is 0 Å². The topological polar surface area (TPSA) is 60.4 Å². The number of aliphatic imine (C=N–C) groups is 1. The molecule has 0 aromatic heterocycles. The number of halogens is 1. The lowest BCUT2D eigenvalue weighted by atomic mass is 10.0. The first-order valence-corrected chi connectivity index (χ1v) is 10.8. The predicted molar refractivity (Wildman–Crippen MR) is 132 cm³/mol. The van der Waals surface area contributed by atoms with E-state index in [9.17, 15) is 4.79 Å². The SMILES string of the molecule is CCNC(=NCC(c1cccc(C)c1)N1CCOCC1)N1CCN(C(C)=O)CC1.I. The molecule has 7 nitrogen and oxygen atoms in total. The standard InChI is InChI=1S/C22H35N5O2.HI/c1-4-23-22(27-10-8-25(9-11-27)19(3)28)24-17-21(26-12-14-29-15-13-26)20-7-5-6-18(2)16-20;/h5-7,16,21H,4,8-15,17H2,1-3H3,(H,23,24);1H. The van der Waals surface area contributed by atoms with Crippen LogP contribution in [0.2, 0.25) is 0 Å². The van der Waals surface area contributed by atoms with E-state index in [1.54, 1.807) is 6.92 Å². The zero-order valence-corrected chi connectivity index (χ0v) is 20.8. The molecule has 1 aromatic carbocycles. The van der Waals surface area contributed by atoms with E-state index in [4.69, 9.17) is 9.73 Å². The van der Waals surface area contributed by atoms with Crippen molar-refractivity contribution in [3.63, 3.8) is 0 Å². The number of hydrogen-bond acceptors (Lipinski definition) is 4.